The Hall–Kier alpha value is -1.12. The third kappa shape index (κ3) is 3.50. The van der Waals surface area contributed by atoms with Crippen molar-refractivity contribution in [2.24, 2.45) is 0 Å². The van der Waals surface area contributed by atoms with Gasteiger partial charge in [-0.15, -0.1) is 0 Å². The van der Waals surface area contributed by atoms with E-state index in [1.54, 1.807) is 0 Å². The summed E-state index contributed by atoms with van der Waals surface area (Å²) in [5.41, 5.74) is 1.11. The zero-order valence-electron chi connectivity index (χ0n) is 10.2. The molecule has 0 spiro atoms. The summed E-state index contributed by atoms with van der Waals surface area (Å²) in [6.07, 6.45) is 3.21. The topological polar surface area (TPSA) is 37.8 Å². The van der Waals surface area contributed by atoms with Gasteiger partial charge in [-0.3, -0.25) is 0 Å². The first-order chi connectivity index (χ1) is 7.19. The third-order valence-electron chi connectivity index (χ3n) is 2.59. The average Bonchev–Trinajstić information content (AvgIpc) is 2.25. The van der Waals surface area contributed by atoms with Crippen molar-refractivity contribution < 1.29 is 0 Å². The largest absolute Gasteiger partial charge is 0.367 e. The van der Waals surface area contributed by atoms with Gasteiger partial charge < -0.3 is 5.32 Å². The summed E-state index contributed by atoms with van der Waals surface area (Å²) in [6, 6.07) is 2.56. The van der Waals surface area contributed by atoms with Gasteiger partial charge in [0.2, 0.25) is 0 Å². The second-order valence-corrected chi connectivity index (χ2v) is 3.80. The van der Waals surface area contributed by atoms with Crippen molar-refractivity contribution in [1.29, 1.82) is 0 Å². The molecule has 0 aliphatic rings. The van der Waals surface area contributed by atoms with Crippen molar-refractivity contribution in [1.82, 2.24) is 9.97 Å². The lowest BCUT2D eigenvalue weighted by Crippen LogP contribution is -2.18. The average molecular weight is 207 g/mol. The smallest absolute Gasteiger partial charge is 0.130 e. The Morgan fingerprint density at radius 3 is 2.40 bits per heavy atom. The standard InChI is InChI=1S/C12H21N3/c1-5-10(6-2)15-12-8-11(7-3)13-9(4)14-12/h8,10H,5-7H2,1-4H3,(H,13,14,15). The van der Waals surface area contributed by atoms with Crippen molar-refractivity contribution in [3.8, 4) is 0 Å². The maximum atomic E-state index is 4.40. The van der Waals surface area contributed by atoms with E-state index >= 15 is 0 Å². The zero-order valence-corrected chi connectivity index (χ0v) is 10.2. The maximum absolute atomic E-state index is 4.40. The van der Waals surface area contributed by atoms with Crippen molar-refractivity contribution in [2.45, 2.75) is 53.0 Å². The summed E-state index contributed by atoms with van der Waals surface area (Å²) < 4.78 is 0. The lowest BCUT2D eigenvalue weighted by molar-refractivity contribution is 0.667. The molecule has 0 bridgehead atoms. The van der Waals surface area contributed by atoms with Crippen LogP contribution in [0.4, 0.5) is 5.82 Å². The van der Waals surface area contributed by atoms with Crippen LogP contribution in [0.25, 0.3) is 0 Å². The zero-order chi connectivity index (χ0) is 11.3. The number of aryl methyl sites for hydroxylation is 2. The van der Waals surface area contributed by atoms with Crippen molar-refractivity contribution >= 4 is 5.82 Å². The van der Waals surface area contributed by atoms with Gasteiger partial charge in [0.15, 0.2) is 0 Å². The van der Waals surface area contributed by atoms with E-state index in [1.807, 2.05) is 13.0 Å². The minimum Gasteiger partial charge on any atom is -0.367 e. The first-order valence-corrected chi connectivity index (χ1v) is 5.80. The molecule has 0 aliphatic heterocycles. The molecular weight excluding hydrogens is 186 g/mol. The monoisotopic (exact) mass is 207 g/mol. The van der Waals surface area contributed by atoms with Crippen LogP contribution in [-0.4, -0.2) is 16.0 Å². The highest BCUT2D eigenvalue weighted by molar-refractivity contribution is 5.37. The Balaban J connectivity index is 2.79. The fourth-order valence-corrected chi connectivity index (χ4v) is 1.59. The molecule has 84 valence electrons. The lowest BCUT2D eigenvalue weighted by atomic mass is 10.2. The Morgan fingerprint density at radius 2 is 1.87 bits per heavy atom. The Kier molecular flexibility index (Phi) is 4.53. The lowest BCUT2D eigenvalue weighted by Gasteiger charge is -2.16. The minimum atomic E-state index is 0.518. The summed E-state index contributed by atoms with van der Waals surface area (Å²) in [7, 11) is 0. The number of anilines is 1. The molecule has 3 nitrogen and oxygen atoms in total. The van der Waals surface area contributed by atoms with Gasteiger partial charge in [0, 0.05) is 17.8 Å². The predicted molar refractivity (Wildman–Crippen MR) is 64.1 cm³/mol. The molecule has 0 fully saturated rings. The van der Waals surface area contributed by atoms with Gasteiger partial charge in [0.25, 0.3) is 0 Å². The summed E-state index contributed by atoms with van der Waals surface area (Å²) in [5, 5.41) is 3.44. The van der Waals surface area contributed by atoms with E-state index in [1.165, 1.54) is 0 Å². The number of aromatic nitrogens is 2. The second kappa shape index (κ2) is 5.69. The van der Waals surface area contributed by atoms with Gasteiger partial charge >= 0.3 is 0 Å². The molecule has 1 rings (SSSR count). The van der Waals surface area contributed by atoms with Gasteiger partial charge in [0.1, 0.15) is 11.6 Å². The molecular formula is C12H21N3. The van der Waals surface area contributed by atoms with E-state index in [2.05, 4.69) is 36.1 Å². The van der Waals surface area contributed by atoms with Gasteiger partial charge in [-0.05, 0) is 26.2 Å². The number of nitrogens with zero attached hydrogens (tertiary/aromatic N) is 2. The van der Waals surface area contributed by atoms with E-state index in [0.29, 0.717) is 6.04 Å². The molecule has 0 aliphatic carbocycles. The van der Waals surface area contributed by atoms with Gasteiger partial charge in [-0.2, -0.15) is 0 Å². The van der Waals surface area contributed by atoms with E-state index in [0.717, 1.165) is 36.6 Å². The predicted octanol–water partition coefficient (Wildman–Crippen LogP) is 2.95. The van der Waals surface area contributed by atoms with Crippen molar-refractivity contribution in [3.63, 3.8) is 0 Å². The van der Waals surface area contributed by atoms with E-state index < -0.39 is 0 Å². The fourth-order valence-electron chi connectivity index (χ4n) is 1.59. The van der Waals surface area contributed by atoms with E-state index in [-0.39, 0.29) is 0 Å². The normalized spacial score (nSPS) is 10.7. The first-order valence-electron chi connectivity index (χ1n) is 5.80. The first kappa shape index (κ1) is 12.0. The van der Waals surface area contributed by atoms with Gasteiger partial charge in [-0.25, -0.2) is 9.97 Å². The molecule has 15 heavy (non-hydrogen) atoms. The molecule has 3 heteroatoms. The van der Waals surface area contributed by atoms with Crippen molar-refractivity contribution in [3.05, 3.63) is 17.6 Å². The summed E-state index contributed by atoms with van der Waals surface area (Å²) in [4.78, 5) is 8.76. The molecule has 0 unspecified atom stereocenters. The van der Waals surface area contributed by atoms with Crippen LogP contribution in [0, 0.1) is 6.92 Å². The van der Waals surface area contributed by atoms with Crippen LogP contribution in [0.5, 0.6) is 0 Å². The van der Waals surface area contributed by atoms with Crippen LogP contribution in [0.1, 0.15) is 45.1 Å². The Morgan fingerprint density at radius 1 is 1.20 bits per heavy atom. The van der Waals surface area contributed by atoms with Crippen LogP contribution in [0.2, 0.25) is 0 Å². The highest BCUT2D eigenvalue weighted by Gasteiger charge is 2.05. The van der Waals surface area contributed by atoms with Crippen LogP contribution in [0.15, 0.2) is 6.07 Å². The molecule has 0 saturated heterocycles. The molecule has 0 amide bonds. The molecule has 1 N–H and O–H groups in total. The van der Waals surface area contributed by atoms with Crippen molar-refractivity contribution in [2.75, 3.05) is 5.32 Å². The van der Waals surface area contributed by atoms with E-state index in [4.69, 9.17) is 0 Å². The van der Waals surface area contributed by atoms with Crippen LogP contribution < -0.4 is 5.32 Å². The maximum Gasteiger partial charge on any atom is 0.130 e. The van der Waals surface area contributed by atoms with E-state index in [9.17, 15) is 0 Å². The fraction of sp³-hybridized carbons (Fsp3) is 0.667. The number of hydrogen-bond donors (Lipinski definition) is 1. The highest BCUT2D eigenvalue weighted by atomic mass is 15.0. The summed E-state index contributed by atoms with van der Waals surface area (Å²) in [5.74, 6) is 1.82. The van der Waals surface area contributed by atoms with Crippen LogP contribution in [-0.2, 0) is 6.42 Å². The van der Waals surface area contributed by atoms with Crippen LogP contribution in [0.3, 0.4) is 0 Å². The summed E-state index contributed by atoms with van der Waals surface area (Å²) in [6.45, 7) is 8.44. The highest BCUT2D eigenvalue weighted by Crippen LogP contribution is 2.11. The molecule has 1 heterocycles. The summed E-state index contributed by atoms with van der Waals surface area (Å²) >= 11 is 0. The Bertz CT molecular complexity index is 306. The molecule has 1 aromatic heterocycles. The number of rotatable bonds is 5. The molecule has 0 radical (unpaired) electrons. The molecule has 1 aromatic rings. The third-order valence-corrected chi connectivity index (χ3v) is 2.59. The SMILES string of the molecule is CCc1cc(NC(CC)CC)nc(C)n1. The molecule has 0 atom stereocenters. The molecule has 0 aromatic carbocycles. The second-order valence-electron chi connectivity index (χ2n) is 3.80. The van der Waals surface area contributed by atoms with Crippen LogP contribution >= 0.6 is 0 Å². The van der Waals surface area contributed by atoms with Gasteiger partial charge in [0.05, 0.1) is 0 Å². The number of nitrogens with one attached hydrogen (secondary N) is 1. The van der Waals surface area contributed by atoms with Gasteiger partial charge in [-0.1, -0.05) is 20.8 Å². The quantitative estimate of drug-likeness (QED) is 0.806. The number of hydrogen-bond acceptors (Lipinski definition) is 3. The molecule has 0 saturated carbocycles. The minimum absolute atomic E-state index is 0.518. The Labute approximate surface area is 92.3 Å².